The molecule has 4 heteroatoms. The molecule has 1 aromatic carbocycles. The van der Waals surface area contributed by atoms with E-state index >= 15 is 0 Å². The van der Waals surface area contributed by atoms with E-state index < -0.39 is 6.10 Å². The molecule has 0 aliphatic heterocycles. The van der Waals surface area contributed by atoms with Gasteiger partial charge < -0.3 is 10.8 Å². The Hall–Kier alpha value is -1.78. The van der Waals surface area contributed by atoms with Crippen LogP contribution in [0, 0.1) is 13.8 Å². The highest BCUT2D eigenvalue weighted by Gasteiger charge is 2.10. The minimum Gasteiger partial charge on any atom is -0.384 e. The SMILES string of the molecule is Cc1ccc(-c2ccnc(C(O)CN)n2)c(C)c1. The molecular weight excluding hydrogens is 226 g/mol. The van der Waals surface area contributed by atoms with Gasteiger partial charge in [0.2, 0.25) is 0 Å². The van der Waals surface area contributed by atoms with Crippen molar-refractivity contribution in [2.24, 2.45) is 5.73 Å². The number of benzene rings is 1. The lowest BCUT2D eigenvalue weighted by Crippen LogP contribution is -2.14. The lowest BCUT2D eigenvalue weighted by molar-refractivity contribution is 0.176. The first-order valence-electron chi connectivity index (χ1n) is 5.90. The van der Waals surface area contributed by atoms with Crippen LogP contribution >= 0.6 is 0 Å². The summed E-state index contributed by atoms with van der Waals surface area (Å²) in [5, 5.41) is 9.66. The molecule has 2 aromatic rings. The molecule has 1 heterocycles. The first-order valence-corrected chi connectivity index (χ1v) is 5.90. The number of aryl methyl sites for hydroxylation is 2. The van der Waals surface area contributed by atoms with Gasteiger partial charge in [-0.25, -0.2) is 9.97 Å². The molecule has 18 heavy (non-hydrogen) atoms. The average Bonchev–Trinajstić information content (AvgIpc) is 2.38. The van der Waals surface area contributed by atoms with Crippen molar-refractivity contribution in [2.75, 3.05) is 6.54 Å². The summed E-state index contributed by atoms with van der Waals surface area (Å²) in [4.78, 5) is 8.40. The molecule has 1 aromatic heterocycles. The molecule has 94 valence electrons. The molecule has 0 saturated carbocycles. The van der Waals surface area contributed by atoms with E-state index in [4.69, 9.17) is 5.73 Å². The second-order valence-electron chi connectivity index (χ2n) is 4.37. The third kappa shape index (κ3) is 2.55. The molecule has 3 N–H and O–H groups in total. The van der Waals surface area contributed by atoms with Crippen molar-refractivity contribution in [1.29, 1.82) is 0 Å². The predicted octanol–water partition coefficient (Wildman–Crippen LogP) is 1.75. The standard InChI is InChI=1S/C14H17N3O/c1-9-3-4-11(10(2)7-9)12-5-6-16-14(17-12)13(18)8-15/h3-7,13,18H,8,15H2,1-2H3. The fraction of sp³-hybridized carbons (Fsp3) is 0.286. The Kier molecular flexibility index (Phi) is 3.69. The largest absolute Gasteiger partial charge is 0.384 e. The molecule has 0 fully saturated rings. The summed E-state index contributed by atoms with van der Waals surface area (Å²) in [6.45, 7) is 4.22. The minimum absolute atomic E-state index is 0.121. The Labute approximate surface area is 107 Å². The summed E-state index contributed by atoms with van der Waals surface area (Å²) in [7, 11) is 0. The van der Waals surface area contributed by atoms with E-state index in [1.54, 1.807) is 6.20 Å². The molecule has 0 spiro atoms. The van der Waals surface area contributed by atoms with Gasteiger partial charge in [0.05, 0.1) is 5.69 Å². The number of hydrogen-bond donors (Lipinski definition) is 2. The fourth-order valence-corrected chi connectivity index (χ4v) is 1.89. The van der Waals surface area contributed by atoms with Crippen LogP contribution < -0.4 is 5.73 Å². The maximum Gasteiger partial charge on any atom is 0.158 e. The third-order valence-electron chi connectivity index (χ3n) is 2.85. The molecule has 0 saturated heterocycles. The Morgan fingerprint density at radius 2 is 2.06 bits per heavy atom. The minimum atomic E-state index is -0.810. The summed E-state index contributed by atoms with van der Waals surface area (Å²) in [5.74, 6) is 0.370. The van der Waals surface area contributed by atoms with Crippen molar-refractivity contribution in [3.8, 4) is 11.3 Å². The number of hydrogen-bond acceptors (Lipinski definition) is 4. The monoisotopic (exact) mass is 243 g/mol. The lowest BCUT2D eigenvalue weighted by Gasteiger charge is -2.10. The normalized spacial score (nSPS) is 12.4. The van der Waals surface area contributed by atoms with Gasteiger partial charge in [-0.05, 0) is 25.5 Å². The van der Waals surface area contributed by atoms with E-state index in [-0.39, 0.29) is 6.54 Å². The van der Waals surface area contributed by atoms with Crippen molar-refractivity contribution >= 4 is 0 Å². The number of aliphatic hydroxyl groups excluding tert-OH is 1. The van der Waals surface area contributed by atoms with Gasteiger partial charge in [-0.2, -0.15) is 0 Å². The van der Waals surface area contributed by atoms with Crippen molar-refractivity contribution in [1.82, 2.24) is 9.97 Å². The second-order valence-corrected chi connectivity index (χ2v) is 4.37. The Balaban J connectivity index is 2.44. The van der Waals surface area contributed by atoms with Crippen LogP contribution in [0.4, 0.5) is 0 Å². The highest BCUT2D eigenvalue weighted by molar-refractivity contribution is 5.63. The van der Waals surface area contributed by atoms with Crippen LogP contribution in [-0.2, 0) is 0 Å². The van der Waals surface area contributed by atoms with E-state index in [0.717, 1.165) is 16.8 Å². The van der Waals surface area contributed by atoms with Crippen LogP contribution in [0.1, 0.15) is 23.1 Å². The zero-order valence-electron chi connectivity index (χ0n) is 10.6. The molecule has 1 unspecified atom stereocenters. The summed E-state index contributed by atoms with van der Waals surface area (Å²) >= 11 is 0. The molecule has 0 aliphatic carbocycles. The van der Waals surface area contributed by atoms with Crippen LogP contribution in [0.25, 0.3) is 11.3 Å². The number of aromatic nitrogens is 2. The van der Waals surface area contributed by atoms with Gasteiger partial charge in [0.1, 0.15) is 6.10 Å². The average molecular weight is 243 g/mol. The van der Waals surface area contributed by atoms with Gasteiger partial charge in [0, 0.05) is 18.3 Å². The summed E-state index contributed by atoms with van der Waals surface area (Å²) < 4.78 is 0. The number of rotatable bonds is 3. The van der Waals surface area contributed by atoms with Crippen molar-refractivity contribution in [3.63, 3.8) is 0 Å². The van der Waals surface area contributed by atoms with Gasteiger partial charge in [0.25, 0.3) is 0 Å². The van der Waals surface area contributed by atoms with Gasteiger partial charge in [-0.1, -0.05) is 23.8 Å². The van der Waals surface area contributed by atoms with Crippen molar-refractivity contribution in [2.45, 2.75) is 20.0 Å². The van der Waals surface area contributed by atoms with Gasteiger partial charge in [-0.15, -0.1) is 0 Å². The van der Waals surface area contributed by atoms with Gasteiger partial charge in [-0.3, -0.25) is 0 Å². The molecule has 0 amide bonds. The van der Waals surface area contributed by atoms with Crippen molar-refractivity contribution < 1.29 is 5.11 Å². The Morgan fingerprint density at radius 3 is 2.72 bits per heavy atom. The van der Waals surface area contributed by atoms with Crippen molar-refractivity contribution in [3.05, 3.63) is 47.4 Å². The molecular formula is C14H17N3O. The predicted molar refractivity (Wildman–Crippen MR) is 71.0 cm³/mol. The van der Waals surface area contributed by atoms with Gasteiger partial charge in [0.15, 0.2) is 5.82 Å². The van der Waals surface area contributed by atoms with Crippen LogP contribution in [0.2, 0.25) is 0 Å². The number of nitrogens with zero attached hydrogens (tertiary/aromatic N) is 2. The molecule has 0 bridgehead atoms. The first kappa shape index (κ1) is 12.7. The maximum absolute atomic E-state index is 9.66. The number of aliphatic hydroxyl groups is 1. The molecule has 0 radical (unpaired) electrons. The zero-order valence-corrected chi connectivity index (χ0v) is 10.6. The van der Waals surface area contributed by atoms with Crippen LogP contribution in [-0.4, -0.2) is 21.6 Å². The number of nitrogens with two attached hydrogens (primary N) is 1. The zero-order chi connectivity index (χ0) is 13.1. The summed E-state index contributed by atoms with van der Waals surface area (Å²) in [6, 6.07) is 8.02. The van der Waals surface area contributed by atoms with E-state index in [2.05, 4.69) is 23.0 Å². The van der Waals surface area contributed by atoms with E-state index in [1.807, 2.05) is 25.1 Å². The molecule has 0 aliphatic rings. The lowest BCUT2D eigenvalue weighted by atomic mass is 10.0. The van der Waals surface area contributed by atoms with Crippen LogP contribution in [0.15, 0.2) is 30.5 Å². The quantitative estimate of drug-likeness (QED) is 0.861. The molecule has 2 rings (SSSR count). The Morgan fingerprint density at radius 1 is 1.28 bits per heavy atom. The molecule has 1 atom stereocenters. The second kappa shape index (κ2) is 5.25. The third-order valence-corrected chi connectivity index (χ3v) is 2.85. The van der Waals surface area contributed by atoms with Crippen LogP contribution in [0.5, 0.6) is 0 Å². The fourth-order valence-electron chi connectivity index (χ4n) is 1.89. The Bertz CT molecular complexity index is 554. The smallest absolute Gasteiger partial charge is 0.158 e. The topological polar surface area (TPSA) is 72.0 Å². The van der Waals surface area contributed by atoms with E-state index in [0.29, 0.717) is 5.82 Å². The molecule has 4 nitrogen and oxygen atoms in total. The summed E-state index contributed by atoms with van der Waals surface area (Å²) in [5.41, 5.74) is 9.64. The van der Waals surface area contributed by atoms with Crippen LogP contribution in [0.3, 0.4) is 0 Å². The van der Waals surface area contributed by atoms with E-state index in [1.165, 1.54) is 5.56 Å². The maximum atomic E-state index is 9.66. The highest BCUT2D eigenvalue weighted by Crippen LogP contribution is 2.22. The summed E-state index contributed by atoms with van der Waals surface area (Å²) in [6.07, 6.45) is 0.839. The van der Waals surface area contributed by atoms with E-state index in [9.17, 15) is 5.11 Å². The first-order chi connectivity index (χ1) is 8.61. The van der Waals surface area contributed by atoms with Gasteiger partial charge >= 0.3 is 0 Å². The highest BCUT2D eigenvalue weighted by atomic mass is 16.3.